The van der Waals surface area contributed by atoms with E-state index in [1.54, 1.807) is 58.4 Å². The standard InChI is InChI=1S/C29H33N3O6S2/c1-8-9-21(20-10-13-23(36-6)14-11-20)16-19(2)38-25-15-12-22(24-18-39-28(30-24)37-7)17-26(25)40(34,35)32-27(33)31-29(3,4)5/h8-18H,1H2,2-7H3,(H2,31,32,33)/b19-16+,21-9+. The largest absolute Gasteiger partial charge is 0.497 e. The molecule has 0 spiro atoms. The zero-order valence-electron chi connectivity index (χ0n) is 23.3. The van der Waals surface area contributed by atoms with Crippen LogP contribution < -0.4 is 24.2 Å². The normalized spacial score (nSPS) is 12.4. The predicted octanol–water partition coefficient (Wildman–Crippen LogP) is 6.17. The molecular formula is C29H33N3O6S2. The Kier molecular flexibility index (Phi) is 9.78. The minimum absolute atomic E-state index is 0.0310. The molecule has 0 bridgehead atoms. The third-order valence-electron chi connectivity index (χ3n) is 5.25. The molecule has 1 aromatic heterocycles. The van der Waals surface area contributed by atoms with Crippen LogP contribution in [0, 0.1) is 0 Å². The van der Waals surface area contributed by atoms with Gasteiger partial charge in [0.15, 0.2) is 0 Å². The number of nitrogens with one attached hydrogen (secondary N) is 2. The third-order valence-corrected chi connectivity index (χ3v) is 7.41. The summed E-state index contributed by atoms with van der Waals surface area (Å²) in [6.45, 7) is 10.7. The number of hydrogen-bond donors (Lipinski definition) is 2. The minimum atomic E-state index is -4.35. The Morgan fingerprint density at radius 2 is 1.77 bits per heavy atom. The van der Waals surface area contributed by atoms with Crippen LogP contribution in [0.3, 0.4) is 0 Å². The van der Waals surface area contributed by atoms with Crippen LogP contribution in [0.5, 0.6) is 16.7 Å². The second kappa shape index (κ2) is 12.8. The highest BCUT2D eigenvalue weighted by atomic mass is 32.2. The van der Waals surface area contributed by atoms with Crippen LogP contribution in [-0.4, -0.2) is 39.2 Å². The maximum absolute atomic E-state index is 13.4. The SMILES string of the molecule is C=C/C=C(\C=C(/C)Oc1ccc(-c2csc(OC)n2)cc1S(=O)(=O)NC(=O)NC(C)(C)C)c1ccc(OC)cc1. The molecule has 0 aliphatic carbocycles. The first-order valence-corrected chi connectivity index (χ1v) is 14.5. The molecule has 11 heteroatoms. The van der Waals surface area contributed by atoms with Crippen LogP contribution in [-0.2, 0) is 10.0 Å². The average Bonchev–Trinajstić information content (AvgIpc) is 3.36. The number of carbonyl (C=O) groups excluding carboxylic acids is 1. The van der Waals surface area contributed by atoms with E-state index in [1.165, 1.54) is 30.6 Å². The van der Waals surface area contributed by atoms with E-state index in [1.807, 2.05) is 30.3 Å². The van der Waals surface area contributed by atoms with Crippen molar-refractivity contribution in [2.24, 2.45) is 0 Å². The van der Waals surface area contributed by atoms with Crippen LogP contribution in [0.2, 0.25) is 0 Å². The lowest BCUT2D eigenvalue weighted by atomic mass is 10.0. The monoisotopic (exact) mass is 583 g/mol. The van der Waals surface area contributed by atoms with Crippen molar-refractivity contribution in [3.8, 4) is 28.0 Å². The molecule has 0 aliphatic heterocycles. The van der Waals surface area contributed by atoms with Gasteiger partial charge < -0.3 is 19.5 Å². The van der Waals surface area contributed by atoms with Gasteiger partial charge in [0.1, 0.15) is 22.2 Å². The predicted molar refractivity (Wildman–Crippen MR) is 158 cm³/mol. The zero-order chi connectivity index (χ0) is 29.5. The highest BCUT2D eigenvalue weighted by Crippen LogP contribution is 2.33. The summed E-state index contributed by atoms with van der Waals surface area (Å²) in [5.41, 5.74) is 2.05. The average molecular weight is 584 g/mol. The number of benzene rings is 2. The number of amides is 2. The molecule has 1 heterocycles. The van der Waals surface area contributed by atoms with E-state index in [-0.39, 0.29) is 10.6 Å². The first kappa shape index (κ1) is 30.5. The van der Waals surface area contributed by atoms with Crippen molar-refractivity contribution in [1.29, 1.82) is 0 Å². The quantitative estimate of drug-likeness (QED) is 0.217. The lowest BCUT2D eigenvalue weighted by Gasteiger charge is -2.21. The first-order chi connectivity index (χ1) is 18.8. The Morgan fingerprint density at radius 3 is 2.35 bits per heavy atom. The van der Waals surface area contributed by atoms with Crippen LogP contribution in [0.15, 0.2) is 83.3 Å². The summed E-state index contributed by atoms with van der Waals surface area (Å²) in [4.78, 5) is 16.6. The van der Waals surface area contributed by atoms with E-state index in [0.29, 0.717) is 28.0 Å². The van der Waals surface area contributed by atoms with Gasteiger partial charge in [0, 0.05) is 16.5 Å². The van der Waals surface area contributed by atoms with E-state index in [2.05, 4.69) is 21.6 Å². The Balaban J connectivity index is 2.02. The van der Waals surface area contributed by atoms with Crippen molar-refractivity contribution in [1.82, 2.24) is 15.0 Å². The van der Waals surface area contributed by atoms with Crippen molar-refractivity contribution in [2.45, 2.75) is 38.1 Å². The van der Waals surface area contributed by atoms with Crippen molar-refractivity contribution < 1.29 is 27.4 Å². The second-order valence-corrected chi connectivity index (χ2v) is 12.1. The van der Waals surface area contributed by atoms with E-state index >= 15 is 0 Å². The van der Waals surface area contributed by atoms with Gasteiger partial charge in [-0.2, -0.15) is 0 Å². The van der Waals surface area contributed by atoms with Crippen molar-refractivity contribution in [3.05, 3.63) is 84.0 Å². The Hall–Kier alpha value is -4.09. The Bertz CT molecular complexity index is 1530. The lowest BCUT2D eigenvalue weighted by Crippen LogP contribution is -2.48. The number of ether oxygens (including phenoxy) is 3. The fourth-order valence-corrected chi connectivity index (χ4v) is 5.26. The van der Waals surface area contributed by atoms with Gasteiger partial charge in [-0.3, -0.25) is 0 Å². The molecule has 0 saturated heterocycles. The molecule has 212 valence electrons. The van der Waals surface area contributed by atoms with Gasteiger partial charge in [0.25, 0.3) is 15.2 Å². The molecule has 40 heavy (non-hydrogen) atoms. The van der Waals surface area contributed by atoms with Crippen LogP contribution in [0.1, 0.15) is 33.3 Å². The van der Waals surface area contributed by atoms with Gasteiger partial charge in [-0.05, 0) is 75.2 Å². The molecule has 2 N–H and O–H groups in total. The van der Waals surface area contributed by atoms with Gasteiger partial charge in [-0.25, -0.2) is 22.9 Å². The summed E-state index contributed by atoms with van der Waals surface area (Å²) >= 11 is 1.28. The van der Waals surface area contributed by atoms with Gasteiger partial charge in [-0.1, -0.05) is 42.2 Å². The molecule has 0 fully saturated rings. The number of thiazole rings is 1. The van der Waals surface area contributed by atoms with Gasteiger partial charge in [0.2, 0.25) is 0 Å². The molecule has 0 unspecified atom stereocenters. The number of allylic oxidation sites excluding steroid dienone is 5. The molecule has 0 radical (unpaired) electrons. The van der Waals surface area contributed by atoms with Crippen molar-refractivity contribution >= 4 is 33.0 Å². The summed E-state index contributed by atoms with van der Waals surface area (Å²) in [6, 6.07) is 11.2. The minimum Gasteiger partial charge on any atom is -0.497 e. The summed E-state index contributed by atoms with van der Waals surface area (Å²) in [5, 5.41) is 4.77. The molecule has 2 aromatic carbocycles. The fraction of sp³-hybridized carbons (Fsp3) is 0.241. The molecule has 2 amide bonds. The number of hydrogen-bond acceptors (Lipinski definition) is 8. The zero-order valence-corrected chi connectivity index (χ0v) is 24.9. The number of aromatic nitrogens is 1. The maximum atomic E-state index is 13.4. The Labute approximate surface area is 239 Å². The summed E-state index contributed by atoms with van der Waals surface area (Å²) in [7, 11) is -1.25. The topological polar surface area (TPSA) is 116 Å². The number of urea groups is 1. The Morgan fingerprint density at radius 1 is 1.07 bits per heavy atom. The van der Waals surface area contributed by atoms with Gasteiger partial charge in [0.05, 0.1) is 19.9 Å². The summed E-state index contributed by atoms with van der Waals surface area (Å²) in [5.74, 6) is 1.15. The fourth-order valence-electron chi connectivity index (χ4n) is 3.55. The number of carbonyl (C=O) groups is 1. The van der Waals surface area contributed by atoms with Gasteiger partial charge >= 0.3 is 6.03 Å². The number of nitrogens with zero attached hydrogens (tertiary/aromatic N) is 1. The molecule has 0 aliphatic rings. The third kappa shape index (κ3) is 8.20. The van der Waals surface area contributed by atoms with Crippen molar-refractivity contribution in [2.75, 3.05) is 14.2 Å². The highest BCUT2D eigenvalue weighted by molar-refractivity contribution is 7.90. The van der Waals surface area contributed by atoms with E-state index < -0.39 is 21.6 Å². The number of rotatable bonds is 10. The number of sulfonamides is 1. The lowest BCUT2D eigenvalue weighted by molar-refractivity contribution is 0.237. The molecule has 9 nitrogen and oxygen atoms in total. The summed E-state index contributed by atoms with van der Waals surface area (Å²) in [6.07, 6.45) is 5.22. The van der Waals surface area contributed by atoms with E-state index in [9.17, 15) is 13.2 Å². The summed E-state index contributed by atoms with van der Waals surface area (Å²) < 4.78 is 45.4. The molecular weight excluding hydrogens is 550 g/mol. The van der Waals surface area contributed by atoms with Crippen LogP contribution >= 0.6 is 11.3 Å². The van der Waals surface area contributed by atoms with E-state index in [0.717, 1.165) is 11.1 Å². The second-order valence-electron chi connectivity index (χ2n) is 9.62. The van der Waals surface area contributed by atoms with Crippen molar-refractivity contribution in [3.63, 3.8) is 0 Å². The van der Waals surface area contributed by atoms with Gasteiger partial charge in [-0.15, -0.1) is 0 Å². The maximum Gasteiger partial charge on any atom is 0.329 e. The highest BCUT2D eigenvalue weighted by Gasteiger charge is 2.26. The molecule has 0 atom stereocenters. The smallest absolute Gasteiger partial charge is 0.329 e. The van der Waals surface area contributed by atoms with E-state index in [4.69, 9.17) is 14.2 Å². The van der Waals surface area contributed by atoms with Crippen LogP contribution in [0.4, 0.5) is 4.79 Å². The first-order valence-electron chi connectivity index (χ1n) is 12.2. The molecule has 0 saturated carbocycles. The van der Waals surface area contributed by atoms with Crippen LogP contribution in [0.25, 0.3) is 16.8 Å². The number of methoxy groups -OCH3 is 2. The molecule has 3 aromatic rings. The molecule has 3 rings (SSSR count).